The highest BCUT2D eigenvalue weighted by atomic mass is 32.2. The SMILES string of the molecule is COc1cc(C)c([C@H](C)NC(=O)C2CCN(S(=O)(=O)N(C)C)CC2)cc1C(C)C. The Hall–Kier alpha value is -1.64. The van der Waals surface area contributed by atoms with E-state index in [-0.39, 0.29) is 17.9 Å². The maximum atomic E-state index is 12.8. The van der Waals surface area contributed by atoms with Crippen molar-refractivity contribution in [3.05, 3.63) is 28.8 Å². The quantitative estimate of drug-likeness (QED) is 0.729. The fourth-order valence-corrected chi connectivity index (χ4v) is 4.93. The number of nitrogens with one attached hydrogen (secondary N) is 1. The zero-order chi connectivity index (χ0) is 21.9. The van der Waals surface area contributed by atoms with Crippen molar-refractivity contribution in [3.8, 4) is 5.75 Å². The van der Waals surface area contributed by atoms with Crippen LogP contribution in [-0.4, -0.2) is 57.2 Å². The number of hydrogen-bond donors (Lipinski definition) is 1. The Morgan fingerprint density at radius 1 is 1.17 bits per heavy atom. The molecule has 0 aromatic heterocycles. The maximum absolute atomic E-state index is 12.8. The number of rotatable bonds is 7. The van der Waals surface area contributed by atoms with E-state index in [9.17, 15) is 13.2 Å². The highest BCUT2D eigenvalue weighted by molar-refractivity contribution is 7.86. The van der Waals surface area contributed by atoms with Gasteiger partial charge in [-0.05, 0) is 61.4 Å². The molecular formula is C21H35N3O4S. The number of benzene rings is 1. The molecule has 29 heavy (non-hydrogen) atoms. The predicted octanol–water partition coefficient (Wildman–Crippen LogP) is 2.82. The molecule has 1 N–H and O–H groups in total. The first-order valence-electron chi connectivity index (χ1n) is 10.1. The van der Waals surface area contributed by atoms with Gasteiger partial charge in [0, 0.05) is 33.1 Å². The van der Waals surface area contributed by atoms with Crippen LogP contribution in [0.3, 0.4) is 0 Å². The van der Waals surface area contributed by atoms with Gasteiger partial charge in [0.05, 0.1) is 13.2 Å². The van der Waals surface area contributed by atoms with Crippen molar-refractivity contribution in [1.82, 2.24) is 13.9 Å². The van der Waals surface area contributed by atoms with E-state index in [1.807, 2.05) is 19.9 Å². The molecule has 164 valence electrons. The van der Waals surface area contributed by atoms with Crippen molar-refractivity contribution in [1.29, 1.82) is 0 Å². The van der Waals surface area contributed by atoms with Crippen LogP contribution in [-0.2, 0) is 15.0 Å². The van der Waals surface area contributed by atoms with E-state index in [0.717, 1.165) is 22.4 Å². The van der Waals surface area contributed by atoms with E-state index in [1.165, 1.54) is 22.7 Å². The van der Waals surface area contributed by atoms with E-state index < -0.39 is 10.2 Å². The minimum absolute atomic E-state index is 0.0132. The third-order valence-corrected chi connectivity index (χ3v) is 7.62. The molecule has 1 atom stereocenters. The minimum atomic E-state index is -3.42. The molecule has 7 nitrogen and oxygen atoms in total. The third kappa shape index (κ3) is 5.29. The van der Waals surface area contributed by atoms with Crippen LogP contribution in [0, 0.1) is 12.8 Å². The van der Waals surface area contributed by atoms with Gasteiger partial charge in [-0.25, -0.2) is 0 Å². The molecular weight excluding hydrogens is 390 g/mol. The average Bonchev–Trinajstić information content (AvgIpc) is 2.67. The van der Waals surface area contributed by atoms with Crippen molar-refractivity contribution >= 4 is 16.1 Å². The summed E-state index contributed by atoms with van der Waals surface area (Å²) in [5.74, 6) is 0.999. The lowest BCUT2D eigenvalue weighted by Gasteiger charge is -2.32. The van der Waals surface area contributed by atoms with E-state index in [4.69, 9.17) is 4.74 Å². The summed E-state index contributed by atoms with van der Waals surface area (Å²) in [4.78, 5) is 12.8. The minimum Gasteiger partial charge on any atom is -0.496 e. The van der Waals surface area contributed by atoms with Gasteiger partial charge in [0.25, 0.3) is 10.2 Å². The van der Waals surface area contributed by atoms with Crippen LogP contribution < -0.4 is 10.1 Å². The zero-order valence-corrected chi connectivity index (χ0v) is 19.5. The number of nitrogens with zero attached hydrogens (tertiary/aromatic N) is 2. The van der Waals surface area contributed by atoms with Crippen LogP contribution in [0.25, 0.3) is 0 Å². The van der Waals surface area contributed by atoms with Crippen molar-refractivity contribution < 1.29 is 17.9 Å². The number of methoxy groups -OCH3 is 1. The Morgan fingerprint density at radius 2 is 1.76 bits per heavy atom. The number of carbonyl (C=O) groups is 1. The smallest absolute Gasteiger partial charge is 0.281 e. The Bertz CT molecular complexity index is 829. The van der Waals surface area contributed by atoms with Gasteiger partial charge in [0.2, 0.25) is 5.91 Å². The number of amides is 1. The largest absolute Gasteiger partial charge is 0.496 e. The Kier molecular flexibility index (Phi) is 7.70. The molecule has 1 saturated heterocycles. The molecule has 8 heteroatoms. The van der Waals surface area contributed by atoms with Gasteiger partial charge in [0.1, 0.15) is 5.75 Å². The molecule has 1 heterocycles. The number of carbonyl (C=O) groups excluding carboxylic acids is 1. The van der Waals surface area contributed by atoms with Crippen LogP contribution in [0.15, 0.2) is 12.1 Å². The third-order valence-electron chi connectivity index (χ3n) is 5.68. The van der Waals surface area contributed by atoms with Gasteiger partial charge < -0.3 is 10.1 Å². The standard InChI is InChI=1S/C21H35N3O4S/c1-14(2)18-13-19(15(3)12-20(18)28-7)16(4)22-21(25)17-8-10-24(11-9-17)29(26,27)23(5)6/h12-14,16-17H,8-11H2,1-7H3,(H,22,25)/t16-/m0/s1. The summed E-state index contributed by atoms with van der Waals surface area (Å²) in [6, 6.07) is 4.02. The fourth-order valence-electron chi connectivity index (χ4n) is 3.80. The first-order chi connectivity index (χ1) is 13.5. The number of piperidine rings is 1. The second-order valence-electron chi connectivity index (χ2n) is 8.30. The zero-order valence-electron chi connectivity index (χ0n) is 18.7. The topological polar surface area (TPSA) is 79.0 Å². The number of aryl methyl sites for hydroxylation is 1. The molecule has 0 aliphatic carbocycles. The van der Waals surface area contributed by atoms with Crippen LogP contribution >= 0.6 is 0 Å². The second kappa shape index (κ2) is 9.45. The summed E-state index contributed by atoms with van der Waals surface area (Å²) >= 11 is 0. The van der Waals surface area contributed by atoms with Gasteiger partial charge in [-0.3, -0.25) is 4.79 Å². The molecule has 1 aromatic carbocycles. The molecule has 1 aliphatic heterocycles. The summed E-state index contributed by atoms with van der Waals surface area (Å²) in [7, 11) is 1.31. The van der Waals surface area contributed by atoms with E-state index in [0.29, 0.717) is 31.8 Å². The summed E-state index contributed by atoms with van der Waals surface area (Å²) in [6.45, 7) is 8.99. The lowest BCUT2D eigenvalue weighted by Crippen LogP contribution is -2.47. The van der Waals surface area contributed by atoms with Crippen LogP contribution in [0.1, 0.15) is 62.3 Å². The highest BCUT2D eigenvalue weighted by Crippen LogP contribution is 2.32. The van der Waals surface area contributed by atoms with Crippen LogP contribution in [0.4, 0.5) is 0 Å². The summed E-state index contributed by atoms with van der Waals surface area (Å²) in [5, 5.41) is 3.13. The first-order valence-corrected chi connectivity index (χ1v) is 11.5. The van der Waals surface area contributed by atoms with Gasteiger partial charge in [-0.15, -0.1) is 0 Å². The van der Waals surface area contributed by atoms with Crippen LogP contribution in [0.2, 0.25) is 0 Å². The van der Waals surface area contributed by atoms with Gasteiger partial charge in [-0.1, -0.05) is 13.8 Å². The Morgan fingerprint density at radius 3 is 2.24 bits per heavy atom. The molecule has 0 unspecified atom stereocenters. The van der Waals surface area contributed by atoms with Crippen molar-refractivity contribution in [3.63, 3.8) is 0 Å². The number of ether oxygens (including phenoxy) is 1. The number of hydrogen-bond acceptors (Lipinski definition) is 4. The summed E-state index contributed by atoms with van der Waals surface area (Å²) in [5.41, 5.74) is 3.28. The maximum Gasteiger partial charge on any atom is 0.281 e. The molecule has 1 fully saturated rings. The van der Waals surface area contributed by atoms with Gasteiger partial charge >= 0.3 is 0 Å². The van der Waals surface area contributed by atoms with E-state index in [1.54, 1.807) is 7.11 Å². The van der Waals surface area contributed by atoms with Crippen LogP contribution in [0.5, 0.6) is 5.75 Å². The van der Waals surface area contributed by atoms with Crippen molar-refractivity contribution in [2.24, 2.45) is 5.92 Å². The second-order valence-corrected chi connectivity index (χ2v) is 10.4. The first kappa shape index (κ1) is 23.6. The average molecular weight is 426 g/mol. The van der Waals surface area contributed by atoms with Gasteiger partial charge in [0.15, 0.2) is 0 Å². The van der Waals surface area contributed by atoms with E-state index in [2.05, 4.69) is 25.2 Å². The Balaban J connectivity index is 2.06. The normalized spacial score (nSPS) is 17.6. The molecule has 1 aliphatic rings. The predicted molar refractivity (Wildman–Crippen MR) is 115 cm³/mol. The Labute approximate surface area is 175 Å². The molecule has 0 saturated carbocycles. The molecule has 1 aromatic rings. The van der Waals surface area contributed by atoms with Crippen molar-refractivity contribution in [2.75, 3.05) is 34.3 Å². The fraction of sp³-hybridized carbons (Fsp3) is 0.667. The summed E-state index contributed by atoms with van der Waals surface area (Å²) in [6.07, 6.45) is 1.06. The molecule has 0 bridgehead atoms. The van der Waals surface area contributed by atoms with Gasteiger partial charge in [-0.2, -0.15) is 17.0 Å². The molecule has 2 rings (SSSR count). The lowest BCUT2D eigenvalue weighted by molar-refractivity contribution is -0.126. The van der Waals surface area contributed by atoms with E-state index >= 15 is 0 Å². The molecule has 1 amide bonds. The monoisotopic (exact) mass is 425 g/mol. The summed E-state index contributed by atoms with van der Waals surface area (Å²) < 4.78 is 32.7. The highest BCUT2D eigenvalue weighted by Gasteiger charge is 2.32. The molecule has 0 spiro atoms. The molecule has 0 radical (unpaired) electrons. The van der Waals surface area contributed by atoms with Crippen molar-refractivity contribution in [2.45, 2.75) is 52.5 Å². The lowest BCUT2D eigenvalue weighted by atomic mass is 9.92.